The van der Waals surface area contributed by atoms with Gasteiger partial charge >= 0.3 is 6.03 Å². The van der Waals surface area contributed by atoms with E-state index < -0.39 is 0 Å². The lowest BCUT2D eigenvalue weighted by Crippen LogP contribution is -2.37. The summed E-state index contributed by atoms with van der Waals surface area (Å²) in [6.07, 6.45) is 4.73. The third-order valence-electron chi connectivity index (χ3n) is 3.57. The van der Waals surface area contributed by atoms with E-state index in [-0.39, 0.29) is 11.9 Å². The van der Waals surface area contributed by atoms with Crippen LogP contribution in [0.5, 0.6) is 0 Å². The van der Waals surface area contributed by atoms with Gasteiger partial charge in [-0.3, -0.25) is 4.79 Å². The third kappa shape index (κ3) is 5.75. The Morgan fingerprint density at radius 1 is 1.29 bits per heavy atom. The van der Waals surface area contributed by atoms with Crippen LogP contribution in [0.15, 0.2) is 17.5 Å². The van der Waals surface area contributed by atoms with Crippen LogP contribution in [0, 0.1) is 0 Å². The molecule has 1 aromatic rings. The van der Waals surface area contributed by atoms with Gasteiger partial charge in [-0.2, -0.15) is 0 Å². The lowest BCUT2D eigenvalue weighted by atomic mass is 10.2. The molecule has 1 aromatic heterocycles. The van der Waals surface area contributed by atoms with Crippen LogP contribution in [0.2, 0.25) is 0 Å². The third-order valence-corrected chi connectivity index (χ3v) is 4.44. The van der Waals surface area contributed by atoms with Crippen molar-refractivity contribution in [3.63, 3.8) is 0 Å². The molecule has 0 aromatic carbocycles. The molecule has 1 saturated heterocycles. The number of rotatable bonds is 6. The molecule has 0 bridgehead atoms. The summed E-state index contributed by atoms with van der Waals surface area (Å²) in [6.45, 7) is 2.77. The van der Waals surface area contributed by atoms with E-state index in [1.807, 2.05) is 22.4 Å². The predicted molar refractivity (Wildman–Crippen MR) is 84.2 cm³/mol. The van der Waals surface area contributed by atoms with E-state index in [2.05, 4.69) is 10.6 Å². The Bertz CT molecular complexity index is 448. The lowest BCUT2D eigenvalue weighted by molar-refractivity contribution is -0.130. The van der Waals surface area contributed by atoms with E-state index in [0.29, 0.717) is 19.5 Å². The van der Waals surface area contributed by atoms with E-state index in [1.165, 1.54) is 0 Å². The highest BCUT2D eigenvalue weighted by atomic mass is 32.1. The molecule has 116 valence electrons. The van der Waals surface area contributed by atoms with Crippen molar-refractivity contribution in [1.29, 1.82) is 0 Å². The molecule has 2 heterocycles. The fourth-order valence-electron chi connectivity index (χ4n) is 2.39. The number of thiophene rings is 1. The molecule has 0 atom stereocenters. The van der Waals surface area contributed by atoms with Crippen LogP contribution in [0.1, 0.15) is 37.0 Å². The number of nitrogens with one attached hydrogen (secondary N) is 2. The zero-order chi connectivity index (χ0) is 14.9. The first-order valence-corrected chi connectivity index (χ1v) is 8.45. The Kier molecular flexibility index (Phi) is 6.53. The molecule has 1 fully saturated rings. The molecule has 5 nitrogen and oxygen atoms in total. The van der Waals surface area contributed by atoms with Crippen molar-refractivity contribution in [3.05, 3.63) is 22.4 Å². The monoisotopic (exact) mass is 309 g/mol. The van der Waals surface area contributed by atoms with Gasteiger partial charge in [0, 0.05) is 30.9 Å². The van der Waals surface area contributed by atoms with Crippen LogP contribution in [-0.4, -0.2) is 36.5 Å². The summed E-state index contributed by atoms with van der Waals surface area (Å²) in [6, 6.07) is 3.82. The number of likely N-dealkylation sites (tertiary alicyclic amines) is 1. The van der Waals surface area contributed by atoms with Gasteiger partial charge in [0.15, 0.2) is 0 Å². The minimum absolute atomic E-state index is 0.148. The van der Waals surface area contributed by atoms with Crippen molar-refractivity contribution in [2.75, 3.05) is 19.6 Å². The SMILES string of the molecule is O=C(NCCCN1CCCCCC1=O)NCc1cccs1. The van der Waals surface area contributed by atoms with Crippen molar-refractivity contribution < 1.29 is 9.59 Å². The number of hydrogen-bond acceptors (Lipinski definition) is 3. The van der Waals surface area contributed by atoms with Crippen LogP contribution in [0.4, 0.5) is 4.79 Å². The molecule has 1 aliphatic rings. The van der Waals surface area contributed by atoms with Gasteiger partial charge in [-0.15, -0.1) is 11.3 Å². The van der Waals surface area contributed by atoms with Gasteiger partial charge in [-0.25, -0.2) is 4.79 Å². The molecule has 6 heteroatoms. The highest BCUT2D eigenvalue weighted by Crippen LogP contribution is 2.11. The molecule has 0 radical (unpaired) electrons. The standard InChI is InChI=1S/C15H23N3O2S/c19-14-7-2-1-3-9-18(14)10-5-8-16-15(20)17-12-13-6-4-11-21-13/h4,6,11H,1-3,5,7-10,12H2,(H2,16,17,20). The Hall–Kier alpha value is -1.56. The van der Waals surface area contributed by atoms with Crippen molar-refractivity contribution >= 4 is 23.3 Å². The number of nitrogens with zero attached hydrogens (tertiary/aromatic N) is 1. The maximum Gasteiger partial charge on any atom is 0.315 e. The summed E-state index contributed by atoms with van der Waals surface area (Å²) in [5, 5.41) is 7.65. The molecule has 2 rings (SSSR count). The average Bonchev–Trinajstić information content (AvgIpc) is 2.92. The van der Waals surface area contributed by atoms with Gasteiger partial charge in [0.1, 0.15) is 0 Å². The van der Waals surface area contributed by atoms with Crippen LogP contribution in [0.25, 0.3) is 0 Å². The Morgan fingerprint density at radius 2 is 2.19 bits per heavy atom. The number of hydrogen-bond donors (Lipinski definition) is 2. The average molecular weight is 309 g/mol. The van der Waals surface area contributed by atoms with Crippen molar-refractivity contribution in [1.82, 2.24) is 15.5 Å². The molecule has 0 aliphatic carbocycles. The van der Waals surface area contributed by atoms with Gasteiger partial charge in [0.05, 0.1) is 6.54 Å². The summed E-state index contributed by atoms with van der Waals surface area (Å²) < 4.78 is 0. The fraction of sp³-hybridized carbons (Fsp3) is 0.600. The fourth-order valence-corrected chi connectivity index (χ4v) is 3.03. The number of urea groups is 1. The molecule has 0 spiro atoms. The Morgan fingerprint density at radius 3 is 3.00 bits per heavy atom. The Labute approximate surface area is 129 Å². The van der Waals surface area contributed by atoms with Crippen LogP contribution >= 0.6 is 11.3 Å². The summed E-state index contributed by atoms with van der Waals surface area (Å²) in [4.78, 5) is 26.5. The van der Waals surface area contributed by atoms with E-state index in [0.717, 1.165) is 43.6 Å². The smallest absolute Gasteiger partial charge is 0.315 e. The normalized spacial score (nSPS) is 15.6. The van der Waals surface area contributed by atoms with E-state index in [9.17, 15) is 9.59 Å². The van der Waals surface area contributed by atoms with Gasteiger partial charge < -0.3 is 15.5 Å². The highest BCUT2D eigenvalue weighted by molar-refractivity contribution is 7.09. The molecule has 3 amide bonds. The molecule has 2 N–H and O–H groups in total. The molecule has 21 heavy (non-hydrogen) atoms. The molecule has 0 unspecified atom stereocenters. The molecule has 1 aliphatic heterocycles. The minimum Gasteiger partial charge on any atom is -0.343 e. The summed E-state index contributed by atoms with van der Waals surface area (Å²) >= 11 is 1.63. The summed E-state index contributed by atoms with van der Waals surface area (Å²) in [7, 11) is 0. The first-order chi connectivity index (χ1) is 10.3. The maximum atomic E-state index is 11.8. The summed E-state index contributed by atoms with van der Waals surface area (Å²) in [5.74, 6) is 0.259. The second-order valence-corrected chi connectivity index (χ2v) is 6.27. The first-order valence-electron chi connectivity index (χ1n) is 7.57. The second kappa shape index (κ2) is 8.67. The van der Waals surface area contributed by atoms with Gasteiger partial charge in [-0.05, 0) is 30.7 Å². The van der Waals surface area contributed by atoms with Crippen molar-refractivity contribution in [2.24, 2.45) is 0 Å². The van der Waals surface area contributed by atoms with Gasteiger partial charge in [0.2, 0.25) is 5.91 Å². The van der Waals surface area contributed by atoms with E-state index >= 15 is 0 Å². The maximum absolute atomic E-state index is 11.8. The van der Waals surface area contributed by atoms with Crippen LogP contribution < -0.4 is 10.6 Å². The quantitative estimate of drug-likeness (QED) is 0.792. The lowest BCUT2D eigenvalue weighted by Gasteiger charge is -2.20. The zero-order valence-corrected chi connectivity index (χ0v) is 13.1. The minimum atomic E-state index is -0.148. The summed E-state index contributed by atoms with van der Waals surface area (Å²) in [5.41, 5.74) is 0. The van der Waals surface area contributed by atoms with E-state index in [4.69, 9.17) is 0 Å². The zero-order valence-electron chi connectivity index (χ0n) is 12.3. The Balaban J connectivity index is 1.56. The number of carbonyl (C=O) groups is 2. The topological polar surface area (TPSA) is 61.4 Å². The molecular formula is C15H23N3O2S. The highest BCUT2D eigenvalue weighted by Gasteiger charge is 2.15. The molecular weight excluding hydrogens is 286 g/mol. The van der Waals surface area contributed by atoms with Gasteiger partial charge in [0.25, 0.3) is 0 Å². The number of amides is 3. The molecule has 0 saturated carbocycles. The van der Waals surface area contributed by atoms with Crippen molar-refractivity contribution in [2.45, 2.75) is 38.6 Å². The largest absolute Gasteiger partial charge is 0.343 e. The van der Waals surface area contributed by atoms with Crippen molar-refractivity contribution in [3.8, 4) is 0 Å². The number of carbonyl (C=O) groups excluding carboxylic acids is 2. The van der Waals surface area contributed by atoms with E-state index in [1.54, 1.807) is 11.3 Å². The van der Waals surface area contributed by atoms with Gasteiger partial charge in [-0.1, -0.05) is 12.5 Å². The first kappa shape index (κ1) is 15.8. The van der Waals surface area contributed by atoms with Crippen LogP contribution in [-0.2, 0) is 11.3 Å². The predicted octanol–water partition coefficient (Wildman–Crippen LogP) is 2.34. The second-order valence-electron chi connectivity index (χ2n) is 5.23. The van der Waals surface area contributed by atoms with Crippen LogP contribution in [0.3, 0.4) is 0 Å².